The number of rotatable bonds is 56. The lowest BCUT2D eigenvalue weighted by Gasteiger charge is -2.35. The lowest BCUT2D eigenvalue weighted by atomic mass is 9.95. The number of imidazole rings is 1. The second kappa shape index (κ2) is 56.1. The Morgan fingerprint density at radius 1 is 0.395 bits per heavy atom. The van der Waals surface area contributed by atoms with E-state index < -0.39 is 308 Å². The minimum atomic E-state index is -2.04. The summed E-state index contributed by atoms with van der Waals surface area (Å²) in [4.78, 5) is 340. The van der Waals surface area contributed by atoms with Gasteiger partial charge >= 0.3 is 17.9 Å². The number of aromatic hydroxyl groups is 2. The van der Waals surface area contributed by atoms with Crippen LogP contribution in [0, 0.1) is 17.8 Å². The second-order valence-electron chi connectivity index (χ2n) is 37.9. The number of aromatic amines is 1. The number of benzene rings is 2. The molecule has 4 aliphatic rings. The van der Waals surface area contributed by atoms with E-state index in [9.17, 15) is 135 Å². The summed E-state index contributed by atoms with van der Waals surface area (Å²) in [6.07, 6.45) is -1.51. The first-order chi connectivity index (χ1) is 69.2. The Hall–Kier alpha value is -15.5. The van der Waals surface area contributed by atoms with Gasteiger partial charge in [-0.1, -0.05) is 72.2 Å². The topological polar surface area (TPSA) is 825 Å². The minimum absolute atomic E-state index is 0.000219. The third-order valence-corrected chi connectivity index (χ3v) is 25.2. The van der Waals surface area contributed by atoms with Crippen molar-refractivity contribution in [2.75, 3.05) is 32.7 Å². The largest absolute Gasteiger partial charge is 0.508 e. The average molecular weight is 2070 g/mol. The molecule has 0 aliphatic carbocycles. The quantitative estimate of drug-likeness (QED) is 0.0250. The van der Waals surface area contributed by atoms with Gasteiger partial charge in [0, 0.05) is 57.3 Å². The molecule has 7 rings (SSSR count). The van der Waals surface area contributed by atoms with Crippen LogP contribution in [0.3, 0.4) is 0 Å². The van der Waals surface area contributed by atoms with E-state index in [-0.39, 0.29) is 132 Å². The molecule has 21 amide bonds. The number of hydrogen-bond acceptors (Lipinski definition) is 28. The van der Waals surface area contributed by atoms with Crippen molar-refractivity contribution in [3.63, 3.8) is 0 Å². The molecule has 5 heterocycles. The maximum Gasteiger partial charge on any atom is 0.326 e. The number of likely N-dealkylation sites (tertiary alicyclic amines) is 4. The Labute approximate surface area is 845 Å². The molecule has 0 radical (unpaired) electrons. The summed E-state index contributed by atoms with van der Waals surface area (Å²) in [6, 6.07) is -15.9. The molecule has 0 saturated carbocycles. The van der Waals surface area contributed by atoms with Gasteiger partial charge in [0.1, 0.15) is 114 Å². The Bertz CT molecular complexity index is 5280. The molecule has 4 fully saturated rings. The van der Waals surface area contributed by atoms with Gasteiger partial charge < -0.3 is 147 Å². The predicted molar refractivity (Wildman–Crippen MR) is 515 cm³/mol. The highest BCUT2D eigenvalue weighted by molar-refractivity contribution is 6.04. The fourth-order valence-electron chi connectivity index (χ4n) is 17.2. The van der Waals surface area contributed by atoms with E-state index in [1.54, 1.807) is 53.7 Å². The van der Waals surface area contributed by atoms with E-state index in [0.29, 0.717) is 17.5 Å². The van der Waals surface area contributed by atoms with E-state index in [1.165, 1.54) is 75.4 Å². The van der Waals surface area contributed by atoms with Crippen LogP contribution in [0.1, 0.15) is 188 Å². The van der Waals surface area contributed by atoms with Gasteiger partial charge in [0.05, 0.1) is 44.6 Å². The number of nitrogens with two attached hydrogens (primary N) is 4. The van der Waals surface area contributed by atoms with Crippen molar-refractivity contribution in [2.45, 2.75) is 299 Å². The molecule has 1 aromatic heterocycles. The Morgan fingerprint density at radius 3 is 1.28 bits per heavy atom. The number of phenols is 2. The number of H-pyrrole nitrogens is 1. The highest BCUT2D eigenvalue weighted by Gasteiger charge is 2.49. The maximum atomic E-state index is 14.9. The van der Waals surface area contributed by atoms with E-state index >= 15 is 0 Å². The van der Waals surface area contributed by atoms with Crippen LogP contribution in [0.2, 0.25) is 0 Å². The van der Waals surface area contributed by atoms with Crippen LogP contribution in [0.4, 0.5) is 0 Å². The van der Waals surface area contributed by atoms with Gasteiger partial charge in [0.2, 0.25) is 124 Å². The van der Waals surface area contributed by atoms with Crippen molar-refractivity contribution in [1.29, 1.82) is 0 Å². The summed E-state index contributed by atoms with van der Waals surface area (Å²) < 4.78 is 0. The summed E-state index contributed by atoms with van der Waals surface area (Å²) in [5.41, 5.74) is 24.0. The third kappa shape index (κ3) is 36.3. The number of nitrogens with zero attached hydrogens (tertiary/aromatic N) is 5. The molecule has 28 N–H and O–H groups in total. The lowest BCUT2D eigenvalue weighted by Crippen LogP contribution is -2.61. The molecule has 0 bridgehead atoms. The van der Waals surface area contributed by atoms with Crippen molar-refractivity contribution in [1.82, 2.24) is 104 Å². The van der Waals surface area contributed by atoms with Gasteiger partial charge in [-0.15, -0.1) is 0 Å². The van der Waals surface area contributed by atoms with Crippen LogP contribution < -0.4 is 97.4 Å². The number of nitrogens with one attached hydrogen (secondary N) is 15. The average Bonchev–Trinajstić information content (AvgIpc) is 1.64. The number of carbonyl (C=O) groups is 24. The zero-order valence-corrected chi connectivity index (χ0v) is 83.2. The third-order valence-electron chi connectivity index (χ3n) is 25.2. The van der Waals surface area contributed by atoms with Crippen LogP contribution in [-0.2, 0) is 134 Å². The zero-order valence-electron chi connectivity index (χ0n) is 83.2. The lowest BCUT2D eigenvalue weighted by molar-refractivity contribution is -0.151. The molecule has 19 atom stereocenters. The SMILES string of the molecule is CC[C@H](C)[C@H](NC(=O)[C@H](CC(C)C)NC(=O)[C@H](CCC(N)=O)NC(=O)[C@H](CC(N)=O)NC(=O)[C@H](C)NC(=O)CNC(=O)[C@H](Cc1cnc[nH]1)NC(=O)[C@H](CC(=O)O)NC(=O)[C@H](C)NC(=O)[C@H](Cc1ccc(O)cc1)NC(=O)[C@@H]1CCCN1C(=O)[C@@H]1CCCN1C(=O)[C@@H]1CCCN1C(=O)[C@H](CC(N)=O)NC(=O)[C@H](CC(C)C)NC(=O)[C@@H](N)Cc1ccc(O)cc1)C(=O)N1CCC[C@H]1C(=O)N[C@@H](C)C(=O)N[C@@H](CC(=O)O)C(=O)O. The van der Waals surface area contributed by atoms with Crippen LogP contribution >= 0.6 is 0 Å². The molecular formula is C94H136N24O29. The number of primary amides is 3. The summed E-state index contributed by atoms with van der Waals surface area (Å²) in [6.45, 7) is 12.8. The Balaban J connectivity index is 0.965. The number of amides is 21. The molecule has 3 aromatic rings. The number of carbonyl (C=O) groups excluding carboxylic acids is 21. The van der Waals surface area contributed by atoms with E-state index in [2.05, 4.69) is 79.1 Å². The molecule has 0 spiro atoms. The first-order valence-electron chi connectivity index (χ1n) is 48.5. The maximum absolute atomic E-state index is 14.9. The highest BCUT2D eigenvalue weighted by Crippen LogP contribution is 2.31. The van der Waals surface area contributed by atoms with Crippen molar-refractivity contribution < 1.29 is 141 Å². The summed E-state index contributed by atoms with van der Waals surface area (Å²) >= 11 is 0. The van der Waals surface area contributed by atoms with Crippen molar-refractivity contribution in [3.8, 4) is 11.5 Å². The molecule has 53 nitrogen and oxygen atoms in total. The normalized spacial score (nSPS) is 18.4. The molecular weight excluding hydrogens is 1930 g/mol. The van der Waals surface area contributed by atoms with Gasteiger partial charge in [-0.05, 0) is 151 Å². The van der Waals surface area contributed by atoms with Crippen LogP contribution in [0.25, 0.3) is 0 Å². The first-order valence-corrected chi connectivity index (χ1v) is 48.5. The Morgan fingerprint density at radius 2 is 0.782 bits per heavy atom. The van der Waals surface area contributed by atoms with Crippen LogP contribution in [0.15, 0.2) is 61.1 Å². The molecule has 53 heteroatoms. The number of phenolic OH excluding ortho intramolecular Hbond substituents is 2. The van der Waals surface area contributed by atoms with Gasteiger partial charge in [0.25, 0.3) is 0 Å². The van der Waals surface area contributed by atoms with E-state index in [1.807, 2.05) is 5.32 Å². The van der Waals surface area contributed by atoms with Gasteiger partial charge in [-0.3, -0.25) is 110 Å². The molecule has 147 heavy (non-hydrogen) atoms. The fourth-order valence-corrected chi connectivity index (χ4v) is 17.2. The number of carboxylic acid groups (broad SMARTS) is 3. The van der Waals surface area contributed by atoms with Crippen molar-refractivity contribution >= 4 is 142 Å². The smallest absolute Gasteiger partial charge is 0.326 e. The molecule has 4 saturated heterocycles. The standard InChI is InChI=1S/C94H136N24O29/c1-10-47(6)76(93(145)116-30-12-15-66(116)88(140)104-50(9)79(131)113-65(94(146)147)41-75(127)128)114-87(139)59(34-46(4)5)109-82(134)57(27-28-70(96)121)105-85(137)62(38-71(97)122)106-77(129)48(7)102-73(124)43-100-81(133)61(37-53-42-99-44-101-53)110-86(138)63(40-74(125)126)107-78(130)49(8)103-83(135)60(36-52-21-25-55(120)26-22-52)111-89(141)67-16-11-29-115(67)91(143)69-18-14-32-118(69)92(144)68-17-13-31-117(68)90(142)64(39-72(98)123)112-84(136)58(33-45(2)3)108-80(132)56(95)35-51-19-23-54(119)24-20-51/h19-26,42,44-50,56-69,76,119-120H,10-18,27-41,43,95H2,1-9H3,(H2,96,121)(H2,97,122)(H2,98,123)(H,99,101)(H,100,133)(H,102,124)(H,103,135)(H,104,140)(H,105,137)(H,106,129)(H,107,130)(H,108,132)(H,109,134)(H,110,138)(H,111,141)(H,112,136)(H,113,131)(H,114,139)(H,125,126)(H,127,128)(H,146,147)/t47-,48-,49-,50-,56-,57-,58-,59-,60-,61-,62-,63-,64-,65-,66-,67-,68-,69-,76-/m0/s1. The number of carboxylic acids is 3. The van der Waals surface area contributed by atoms with E-state index in [4.69, 9.17) is 28.0 Å². The van der Waals surface area contributed by atoms with Crippen LogP contribution in [0.5, 0.6) is 11.5 Å². The van der Waals surface area contributed by atoms with Gasteiger partial charge in [0.15, 0.2) is 0 Å². The van der Waals surface area contributed by atoms with E-state index in [0.717, 1.165) is 13.8 Å². The fraction of sp³-hybridized carbons (Fsp3) is 0.585. The monoisotopic (exact) mass is 2060 g/mol. The molecule has 2 aromatic carbocycles. The molecule has 806 valence electrons. The zero-order chi connectivity index (χ0) is 109. The highest BCUT2D eigenvalue weighted by atomic mass is 16.4. The number of aromatic nitrogens is 2. The molecule has 4 aliphatic heterocycles. The van der Waals surface area contributed by atoms with Crippen LogP contribution in [-0.4, -0.2) is 339 Å². The summed E-state index contributed by atoms with van der Waals surface area (Å²) in [5.74, 6) is -26.8. The van der Waals surface area contributed by atoms with Gasteiger partial charge in [-0.25, -0.2) is 9.78 Å². The Kier molecular flexibility index (Phi) is 45.2. The first kappa shape index (κ1) is 118. The van der Waals surface area contributed by atoms with Crippen molar-refractivity contribution in [3.05, 3.63) is 77.9 Å². The number of aliphatic carboxylic acids is 3. The number of hydrogen-bond donors (Lipinski definition) is 24. The van der Waals surface area contributed by atoms with Crippen molar-refractivity contribution in [2.24, 2.45) is 40.7 Å². The minimum Gasteiger partial charge on any atom is -0.508 e. The van der Waals surface area contributed by atoms with Gasteiger partial charge in [-0.2, -0.15) is 0 Å². The second-order valence-corrected chi connectivity index (χ2v) is 37.9. The summed E-state index contributed by atoms with van der Waals surface area (Å²) in [7, 11) is 0. The summed E-state index contributed by atoms with van der Waals surface area (Å²) in [5, 5.41) is 82.2. The predicted octanol–water partition coefficient (Wildman–Crippen LogP) is -7.19. The molecule has 0 unspecified atom stereocenters.